The molecule has 47 heavy (non-hydrogen) atoms. The van der Waals surface area contributed by atoms with E-state index in [0.29, 0.717) is 35.8 Å². The van der Waals surface area contributed by atoms with Gasteiger partial charge in [-0.2, -0.15) is 5.10 Å². The van der Waals surface area contributed by atoms with Gasteiger partial charge < -0.3 is 29.7 Å². The van der Waals surface area contributed by atoms with Gasteiger partial charge in [-0.3, -0.25) is 9.48 Å². The average molecular weight is 681 g/mol. The number of hydrogen-bond acceptors (Lipinski definition) is 7. The lowest BCUT2D eigenvalue weighted by Gasteiger charge is -2.41. The number of nitrogens with zero attached hydrogens (tertiary/aromatic N) is 4. The molecule has 0 spiro atoms. The zero-order valence-electron chi connectivity index (χ0n) is 25.3. The molecule has 10 nitrogen and oxygen atoms in total. The first kappa shape index (κ1) is 31.3. The fraction of sp³-hybridized carbons (Fsp3) is 0.324. The number of aromatic carboxylic acids is 1. The van der Waals surface area contributed by atoms with Crippen molar-refractivity contribution in [2.45, 2.75) is 37.9 Å². The number of ether oxygens (including phenoxy) is 2. The maximum Gasteiger partial charge on any atom is 0.337 e. The van der Waals surface area contributed by atoms with E-state index in [-0.39, 0.29) is 52.1 Å². The highest BCUT2D eigenvalue weighted by atomic mass is 35.5. The number of para-hydroxylation sites is 1. The average Bonchev–Trinajstić information content (AvgIpc) is 3.43. The molecule has 4 aromatic rings. The molecule has 1 unspecified atom stereocenters. The Morgan fingerprint density at radius 1 is 1.04 bits per heavy atom. The second kappa shape index (κ2) is 13.1. The monoisotopic (exact) mass is 679 g/mol. The largest absolute Gasteiger partial charge is 0.478 e. The predicted molar refractivity (Wildman–Crippen MR) is 176 cm³/mol. The molecular weight excluding hydrogens is 648 g/mol. The van der Waals surface area contributed by atoms with Crippen LogP contribution in [0.3, 0.4) is 0 Å². The molecule has 0 radical (unpaired) electrons. The normalized spacial score (nSPS) is 18.1. The fourth-order valence-corrected chi connectivity index (χ4v) is 7.00. The van der Waals surface area contributed by atoms with Crippen LogP contribution in [-0.2, 0) is 11.3 Å². The van der Waals surface area contributed by atoms with Crippen molar-refractivity contribution in [3.63, 3.8) is 0 Å². The summed E-state index contributed by atoms with van der Waals surface area (Å²) < 4.78 is 29.2. The van der Waals surface area contributed by atoms with Crippen LogP contribution in [0.5, 0.6) is 5.75 Å². The fourth-order valence-electron chi connectivity index (χ4n) is 6.36. The third kappa shape index (κ3) is 6.22. The van der Waals surface area contributed by atoms with Crippen molar-refractivity contribution in [2.24, 2.45) is 0 Å². The van der Waals surface area contributed by atoms with Crippen LogP contribution < -0.4 is 15.0 Å². The lowest BCUT2D eigenvalue weighted by Crippen LogP contribution is -2.48. The van der Waals surface area contributed by atoms with Gasteiger partial charge in [-0.15, -0.1) is 0 Å². The van der Waals surface area contributed by atoms with Crippen molar-refractivity contribution in [1.29, 1.82) is 0 Å². The Balaban J connectivity index is 1.11. The van der Waals surface area contributed by atoms with Gasteiger partial charge in [-0.05, 0) is 49.6 Å². The van der Waals surface area contributed by atoms with Crippen LogP contribution in [0, 0.1) is 5.82 Å². The van der Waals surface area contributed by atoms with Gasteiger partial charge in [0.1, 0.15) is 11.6 Å². The standard InChI is InChI=1S/C34H32Cl2FN5O5/c35-27-11-22(40-16-23(17-40)42-9-4-8-38-42)12-28(36)31(27)33(43)41-15-20-5-3-7-24(32(20)47-19-41)25-14-30(26(34(44)45)13-29(25)37)39-21-6-1-2-10-46-18-21/h3-5,7-9,11-14,21,23,39H,1-2,6,10,15-19H2,(H,44,45). The van der Waals surface area contributed by atoms with Gasteiger partial charge in [-0.1, -0.05) is 41.4 Å². The van der Waals surface area contributed by atoms with Crippen molar-refractivity contribution in [3.05, 3.63) is 93.5 Å². The van der Waals surface area contributed by atoms with E-state index < -0.39 is 17.7 Å². The smallest absolute Gasteiger partial charge is 0.337 e. The molecule has 13 heteroatoms. The van der Waals surface area contributed by atoms with Gasteiger partial charge in [0.15, 0.2) is 6.73 Å². The molecule has 3 aliphatic heterocycles. The summed E-state index contributed by atoms with van der Waals surface area (Å²) in [5.41, 5.74) is 2.43. The Labute approximate surface area is 280 Å². The molecule has 2 saturated heterocycles. The second-order valence-corrected chi connectivity index (χ2v) is 12.8. The molecule has 0 aliphatic carbocycles. The summed E-state index contributed by atoms with van der Waals surface area (Å²) in [5.74, 6) is -1.91. The lowest BCUT2D eigenvalue weighted by molar-refractivity contribution is 0.0516. The van der Waals surface area contributed by atoms with Gasteiger partial charge in [0.2, 0.25) is 0 Å². The number of rotatable bonds is 7. The molecule has 2 N–H and O–H groups in total. The van der Waals surface area contributed by atoms with E-state index in [4.69, 9.17) is 32.7 Å². The summed E-state index contributed by atoms with van der Waals surface area (Å²) in [6.45, 7) is 2.63. The molecule has 3 aliphatic rings. The van der Waals surface area contributed by atoms with E-state index in [9.17, 15) is 14.7 Å². The van der Waals surface area contributed by atoms with Crippen LogP contribution in [0.15, 0.2) is 60.9 Å². The molecule has 0 bridgehead atoms. The van der Waals surface area contributed by atoms with Crippen LogP contribution in [0.2, 0.25) is 10.0 Å². The Hall–Kier alpha value is -4.32. The van der Waals surface area contributed by atoms with Crippen molar-refractivity contribution >= 4 is 46.5 Å². The number of carbonyl (C=O) groups excluding carboxylic acids is 1. The summed E-state index contributed by atoms with van der Waals surface area (Å²) in [4.78, 5) is 29.3. The number of hydrogen-bond donors (Lipinski definition) is 2. The first-order valence-corrected chi connectivity index (χ1v) is 16.2. The van der Waals surface area contributed by atoms with Crippen molar-refractivity contribution in [1.82, 2.24) is 14.7 Å². The molecule has 7 rings (SSSR count). The van der Waals surface area contributed by atoms with Crippen molar-refractivity contribution < 1.29 is 28.6 Å². The third-order valence-corrected chi connectivity index (χ3v) is 9.47. The van der Waals surface area contributed by atoms with Gasteiger partial charge in [-0.25, -0.2) is 9.18 Å². The van der Waals surface area contributed by atoms with E-state index in [1.165, 1.54) is 11.0 Å². The first-order valence-electron chi connectivity index (χ1n) is 15.5. The number of carboxylic acid groups (broad SMARTS) is 1. The number of anilines is 2. The minimum atomic E-state index is -1.23. The topological polar surface area (TPSA) is 109 Å². The highest BCUT2D eigenvalue weighted by molar-refractivity contribution is 6.40. The quantitative estimate of drug-likeness (QED) is 0.221. The molecular formula is C34H32Cl2FN5O5. The van der Waals surface area contributed by atoms with Crippen molar-refractivity contribution in [3.8, 4) is 16.9 Å². The number of aromatic nitrogens is 2. The molecule has 3 aromatic carbocycles. The third-order valence-electron chi connectivity index (χ3n) is 8.87. The van der Waals surface area contributed by atoms with Crippen LogP contribution >= 0.6 is 23.2 Å². The van der Waals surface area contributed by atoms with E-state index >= 15 is 4.39 Å². The SMILES string of the molecule is O=C(O)c1cc(F)c(-c2cccc3c2OCN(C(=O)c2c(Cl)cc(N4CC(n5cccn5)C4)cc2Cl)C3)cc1NC1CCCCOC1. The zero-order chi connectivity index (χ0) is 32.7. The summed E-state index contributed by atoms with van der Waals surface area (Å²) in [6.07, 6.45) is 6.36. The minimum Gasteiger partial charge on any atom is -0.478 e. The van der Waals surface area contributed by atoms with E-state index in [2.05, 4.69) is 15.3 Å². The molecule has 1 atom stereocenters. The predicted octanol–water partition coefficient (Wildman–Crippen LogP) is 6.73. The number of nitrogens with one attached hydrogen (secondary N) is 1. The zero-order valence-corrected chi connectivity index (χ0v) is 26.8. The van der Waals surface area contributed by atoms with Crippen molar-refractivity contribution in [2.75, 3.05) is 43.3 Å². The van der Waals surface area contributed by atoms with Crippen LogP contribution in [0.4, 0.5) is 15.8 Å². The lowest BCUT2D eigenvalue weighted by atomic mass is 9.97. The van der Waals surface area contributed by atoms with Gasteiger partial charge in [0.25, 0.3) is 5.91 Å². The van der Waals surface area contributed by atoms with Crippen LogP contribution in [0.1, 0.15) is 51.6 Å². The van der Waals surface area contributed by atoms with Gasteiger partial charge >= 0.3 is 5.97 Å². The second-order valence-electron chi connectivity index (χ2n) is 12.0. The Morgan fingerprint density at radius 3 is 2.60 bits per heavy atom. The molecule has 1 amide bonds. The number of fused-ring (bicyclic) bond motifs is 1. The van der Waals surface area contributed by atoms with Gasteiger partial charge in [0, 0.05) is 66.2 Å². The first-order chi connectivity index (χ1) is 22.8. The molecule has 4 heterocycles. The van der Waals surface area contributed by atoms with E-state index in [1.807, 2.05) is 16.9 Å². The van der Waals surface area contributed by atoms with E-state index in [0.717, 1.165) is 44.1 Å². The minimum absolute atomic E-state index is 0.105. The summed E-state index contributed by atoms with van der Waals surface area (Å²) in [7, 11) is 0. The highest BCUT2D eigenvalue weighted by Crippen LogP contribution is 2.41. The Kier molecular flexibility index (Phi) is 8.69. The van der Waals surface area contributed by atoms with Gasteiger partial charge in [0.05, 0.1) is 40.4 Å². The maximum atomic E-state index is 15.5. The number of amides is 1. The number of benzene rings is 3. The number of carbonyl (C=O) groups is 2. The van der Waals surface area contributed by atoms with E-state index in [1.54, 1.807) is 36.5 Å². The summed E-state index contributed by atoms with van der Waals surface area (Å²) in [6, 6.07) is 13.3. The Bertz CT molecular complexity index is 1800. The highest BCUT2D eigenvalue weighted by Gasteiger charge is 2.32. The molecule has 1 aromatic heterocycles. The van der Waals surface area contributed by atoms with Crippen LogP contribution in [0.25, 0.3) is 11.1 Å². The summed E-state index contributed by atoms with van der Waals surface area (Å²) >= 11 is 13.3. The Morgan fingerprint density at radius 2 is 1.85 bits per heavy atom. The number of carboxylic acids is 1. The molecule has 2 fully saturated rings. The maximum absolute atomic E-state index is 15.5. The number of halogens is 3. The molecule has 0 saturated carbocycles. The van der Waals surface area contributed by atoms with Crippen LogP contribution in [-0.4, -0.2) is 70.7 Å². The molecule has 244 valence electrons. The summed E-state index contributed by atoms with van der Waals surface area (Å²) in [5, 5.41) is 17.9.